The van der Waals surface area contributed by atoms with Crippen LogP contribution in [0.25, 0.3) is 11.0 Å². The lowest BCUT2D eigenvalue weighted by Gasteiger charge is -2.34. The molecule has 1 fully saturated rings. The van der Waals surface area contributed by atoms with Crippen molar-refractivity contribution in [2.45, 2.75) is 31.4 Å². The van der Waals surface area contributed by atoms with Crippen molar-refractivity contribution >= 4 is 17.0 Å². The van der Waals surface area contributed by atoms with Crippen molar-refractivity contribution in [3.05, 3.63) is 59.2 Å². The van der Waals surface area contributed by atoms with E-state index in [1.165, 1.54) is 12.1 Å². The molecule has 2 heterocycles. The highest BCUT2D eigenvalue weighted by atomic mass is 19.4. The monoisotopic (exact) mass is 428 g/mol. The topological polar surface area (TPSA) is 47.1 Å². The van der Waals surface area contributed by atoms with Crippen LogP contribution in [0.5, 0.6) is 0 Å². The van der Waals surface area contributed by atoms with Gasteiger partial charge in [-0.3, -0.25) is 0 Å². The normalized spacial score (nSPS) is 20.2. The van der Waals surface area contributed by atoms with E-state index in [0.29, 0.717) is 18.1 Å². The Morgan fingerprint density at radius 1 is 1.07 bits per heavy atom. The molecular formula is C20H18F6N4. The van der Waals surface area contributed by atoms with Crippen molar-refractivity contribution in [2.24, 2.45) is 5.73 Å². The smallest absolute Gasteiger partial charge is 0.340 e. The Bertz CT molecular complexity index is 1060. The predicted octanol–water partition coefficient (Wildman–Crippen LogP) is 4.26. The van der Waals surface area contributed by atoms with Gasteiger partial charge in [-0.05, 0) is 24.1 Å². The van der Waals surface area contributed by atoms with Crippen LogP contribution in [0, 0.1) is 11.6 Å². The maximum absolute atomic E-state index is 13.9. The van der Waals surface area contributed by atoms with Crippen LogP contribution in [0.3, 0.4) is 0 Å². The molecule has 2 atom stereocenters. The lowest BCUT2D eigenvalue weighted by Crippen LogP contribution is -2.50. The molecule has 0 amide bonds. The van der Waals surface area contributed by atoms with Crippen molar-refractivity contribution in [3.8, 4) is 0 Å². The largest absolute Gasteiger partial charge is 0.416 e. The second kappa shape index (κ2) is 7.50. The summed E-state index contributed by atoms with van der Waals surface area (Å²) in [7, 11) is 0. The van der Waals surface area contributed by atoms with E-state index >= 15 is 0 Å². The lowest BCUT2D eigenvalue weighted by atomic mass is 10.1. The fourth-order valence-corrected chi connectivity index (χ4v) is 3.62. The number of hydrogen-bond acceptors (Lipinski definition) is 3. The van der Waals surface area contributed by atoms with Gasteiger partial charge in [0.1, 0.15) is 6.17 Å². The van der Waals surface area contributed by atoms with Crippen molar-refractivity contribution in [1.82, 2.24) is 9.55 Å². The van der Waals surface area contributed by atoms with E-state index in [4.69, 9.17) is 5.73 Å². The number of aromatic nitrogens is 2. The molecule has 0 radical (unpaired) electrons. The fourth-order valence-electron chi connectivity index (χ4n) is 3.62. The van der Waals surface area contributed by atoms with Gasteiger partial charge in [-0.2, -0.15) is 13.2 Å². The van der Waals surface area contributed by atoms with E-state index in [0.717, 1.165) is 24.3 Å². The van der Waals surface area contributed by atoms with Gasteiger partial charge < -0.3 is 15.2 Å². The van der Waals surface area contributed by atoms with Crippen LogP contribution in [-0.4, -0.2) is 34.9 Å². The molecule has 3 aromatic rings. The highest BCUT2D eigenvalue weighted by molar-refractivity contribution is 5.79. The van der Waals surface area contributed by atoms with Crippen LogP contribution in [0.2, 0.25) is 0 Å². The number of halogens is 6. The predicted molar refractivity (Wildman–Crippen MR) is 99.9 cm³/mol. The Balaban J connectivity index is 1.75. The highest BCUT2D eigenvalue weighted by Crippen LogP contribution is 2.31. The number of alkyl halides is 4. The van der Waals surface area contributed by atoms with Gasteiger partial charge in [-0.25, -0.2) is 18.2 Å². The third-order valence-electron chi connectivity index (χ3n) is 5.25. The molecule has 1 saturated heterocycles. The Morgan fingerprint density at radius 2 is 1.73 bits per heavy atom. The molecule has 0 unspecified atom stereocenters. The third kappa shape index (κ3) is 3.83. The molecule has 1 aromatic heterocycles. The minimum absolute atomic E-state index is 0.0693. The van der Waals surface area contributed by atoms with Gasteiger partial charge in [0.2, 0.25) is 5.95 Å². The number of imidazole rings is 1. The molecule has 0 bridgehead atoms. The summed E-state index contributed by atoms with van der Waals surface area (Å²) in [4.78, 5) is 6.10. The van der Waals surface area contributed by atoms with Gasteiger partial charge >= 0.3 is 6.18 Å². The first kappa shape index (κ1) is 20.5. The summed E-state index contributed by atoms with van der Waals surface area (Å²) in [5.74, 6) is -1.80. The first-order valence-corrected chi connectivity index (χ1v) is 9.29. The number of benzene rings is 2. The van der Waals surface area contributed by atoms with Gasteiger partial charge in [0.15, 0.2) is 11.6 Å². The van der Waals surface area contributed by atoms with Crippen LogP contribution in [0.15, 0.2) is 36.4 Å². The highest BCUT2D eigenvalue weighted by Gasteiger charge is 2.31. The molecule has 4 rings (SSSR count). The molecule has 1 aliphatic heterocycles. The second-order valence-electron chi connectivity index (χ2n) is 7.36. The van der Waals surface area contributed by atoms with Gasteiger partial charge in [-0.15, -0.1) is 0 Å². The first-order chi connectivity index (χ1) is 14.1. The van der Waals surface area contributed by atoms with E-state index in [1.807, 2.05) is 0 Å². The molecule has 2 N–H and O–H groups in total. The first-order valence-electron chi connectivity index (χ1n) is 9.29. The van der Waals surface area contributed by atoms with Crippen LogP contribution >= 0.6 is 0 Å². The summed E-state index contributed by atoms with van der Waals surface area (Å²) >= 11 is 0. The number of anilines is 1. The third-order valence-corrected chi connectivity index (χ3v) is 5.25. The zero-order valence-electron chi connectivity index (χ0n) is 15.6. The summed E-state index contributed by atoms with van der Waals surface area (Å²) in [5, 5.41) is 0. The molecule has 1 aliphatic rings. The van der Waals surface area contributed by atoms with Crippen LogP contribution in [-0.2, 0) is 12.7 Å². The molecule has 4 nitrogen and oxygen atoms in total. The van der Waals surface area contributed by atoms with Crippen molar-refractivity contribution < 1.29 is 26.3 Å². The molecule has 0 spiro atoms. The number of piperidine rings is 1. The Labute approximate surface area is 167 Å². The molecule has 160 valence electrons. The van der Waals surface area contributed by atoms with E-state index in [2.05, 4.69) is 4.98 Å². The number of nitrogens with two attached hydrogens (primary N) is 1. The van der Waals surface area contributed by atoms with Gasteiger partial charge in [-0.1, -0.05) is 12.1 Å². The number of hydrogen-bond donors (Lipinski definition) is 1. The maximum atomic E-state index is 13.9. The van der Waals surface area contributed by atoms with Crippen molar-refractivity contribution in [1.29, 1.82) is 0 Å². The lowest BCUT2D eigenvalue weighted by molar-refractivity contribution is -0.137. The Morgan fingerprint density at radius 3 is 2.37 bits per heavy atom. The fraction of sp³-hybridized carbons (Fsp3) is 0.350. The molecular weight excluding hydrogens is 410 g/mol. The summed E-state index contributed by atoms with van der Waals surface area (Å²) in [6.07, 6.45) is -5.45. The van der Waals surface area contributed by atoms with Crippen LogP contribution in [0.4, 0.5) is 32.3 Å². The van der Waals surface area contributed by atoms with Crippen molar-refractivity contribution in [2.75, 3.05) is 18.0 Å². The zero-order chi connectivity index (χ0) is 21.6. The molecule has 0 aliphatic carbocycles. The summed E-state index contributed by atoms with van der Waals surface area (Å²) in [6, 6.07) is 5.76. The summed E-state index contributed by atoms with van der Waals surface area (Å²) in [6.45, 7) is 0.526. The van der Waals surface area contributed by atoms with E-state index < -0.39 is 35.6 Å². The maximum Gasteiger partial charge on any atom is 0.416 e. The van der Waals surface area contributed by atoms with E-state index in [1.54, 1.807) is 9.47 Å². The van der Waals surface area contributed by atoms with Gasteiger partial charge in [0, 0.05) is 25.2 Å². The molecule has 10 heteroatoms. The average Bonchev–Trinajstić information content (AvgIpc) is 3.01. The van der Waals surface area contributed by atoms with Crippen molar-refractivity contribution in [3.63, 3.8) is 0 Å². The minimum Gasteiger partial charge on any atom is -0.340 e. The molecule has 2 aromatic carbocycles. The minimum atomic E-state index is -4.46. The molecule has 0 saturated carbocycles. The van der Waals surface area contributed by atoms with E-state index in [-0.39, 0.29) is 30.5 Å². The standard InChI is InChI=1S/C20H18F6N4/c21-13-5-6-29(10-16(13)27)19-28-17-7-14(22)15(23)8-18(17)30(19)9-11-1-3-12(4-2-11)20(24,25)26/h1-4,7-8,13,16H,5-6,9-10,27H2/t13-,16-/m1/s1. The average molecular weight is 428 g/mol. The van der Waals surface area contributed by atoms with Gasteiger partial charge in [0.25, 0.3) is 0 Å². The zero-order valence-corrected chi connectivity index (χ0v) is 15.6. The Hall–Kier alpha value is -2.75. The summed E-state index contributed by atoms with van der Waals surface area (Å²) in [5.41, 5.74) is 6.02. The van der Waals surface area contributed by atoms with Crippen LogP contribution < -0.4 is 10.6 Å². The number of nitrogens with zero attached hydrogens (tertiary/aromatic N) is 3. The number of rotatable bonds is 3. The number of fused-ring (bicyclic) bond motifs is 1. The van der Waals surface area contributed by atoms with E-state index in [9.17, 15) is 26.3 Å². The molecule has 30 heavy (non-hydrogen) atoms. The second-order valence-corrected chi connectivity index (χ2v) is 7.36. The Kier molecular flexibility index (Phi) is 5.13. The van der Waals surface area contributed by atoms with Crippen LogP contribution in [0.1, 0.15) is 17.5 Å². The SMILES string of the molecule is N[C@@H]1CN(c2nc3cc(F)c(F)cc3n2Cc2ccc(C(F)(F)F)cc2)CC[C@H]1F. The quantitative estimate of drug-likeness (QED) is 0.635. The van der Waals surface area contributed by atoms with Gasteiger partial charge in [0.05, 0.1) is 29.2 Å². The summed E-state index contributed by atoms with van der Waals surface area (Å²) < 4.78 is 81.4.